The highest BCUT2D eigenvalue weighted by atomic mass is 35.5. The van der Waals surface area contributed by atoms with Crippen LogP contribution in [0.5, 0.6) is 0 Å². The van der Waals surface area contributed by atoms with Crippen LogP contribution in [0.1, 0.15) is 30.4 Å². The maximum absolute atomic E-state index is 14.6. The molecule has 4 N–H and O–H groups in total. The highest BCUT2D eigenvalue weighted by Crippen LogP contribution is 2.43. The van der Waals surface area contributed by atoms with Crippen LogP contribution in [-0.4, -0.2) is 51.4 Å². The Kier molecular flexibility index (Phi) is 7.47. The molecule has 9 nitrogen and oxygen atoms in total. The van der Waals surface area contributed by atoms with E-state index in [0.717, 1.165) is 0 Å². The van der Waals surface area contributed by atoms with Crippen molar-refractivity contribution >= 4 is 43.1 Å². The first-order valence-electron chi connectivity index (χ1n) is 12.5. The monoisotopic (exact) mass is 603 g/mol. The summed E-state index contributed by atoms with van der Waals surface area (Å²) in [6.45, 7) is -0.258. The second-order valence-corrected chi connectivity index (χ2v) is 14.3. The van der Waals surface area contributed by atoms with Crippen LogP contribution in [0.4, 0.5) is 4.39 Å². The Bertz CT molecular complexity index is 1670. The van der Waals surface area contributed by atoms with Crippen LogP contribution in [0.3, 0.4) is 0 Å². The van der Waals surface area contributed by atoms with Crippen molar-refractivity contribution in [2.45, 2.75) is 40.2 Å². The molecule has 1 aliphatic heterocycles. The average Bonchev–Trinajstić information content (AvgIpc) is 3.56. The zero-order chi connectivity index (χ0) is 28.7. The van der Waals surface area contributed by atoms with Crippen molar-refractivity contribution in [2.75, 3.05) is 6.54 Å². The summed E-state index contributed by atoms with van der Waals surface area (Å²) in [5, 5.41) is 22.6. The van der Waals surface area contributed by atoms with Crippen molar-refractivity contribution in [3.8, 4) is 0 Å². The third kappa shape index (κ3) is 5.12. The zero-order valence-electron chi connectivity index (χ0n) is 21.2. The highest BCUT2D eigenvalue weighted by Gasteiger charge is 2.56. The number of nitrogens with zero attached hydrogens (tertiary/aromatic N) is 2. The topological polar surface area (TPSA) is 146 Å². The number of sulfonamides is 1. The molecule has 2 aliphatic rings. The minimum Gasteiger partial charge on any atom is -0.352 e. The summed E-state index contributed by atoms with van der Waals surface area (Å²) in [4.78, 5) is 0.00342. The summed E-state index contributed by atoms with van der Waals surface area (Å²) in [6.07, 6.45) is 1.04. The SMILES string of the molecule is N=C(N[C@H]1CC[C@H](S(N)(=O)=O)C1)N1CC(c2ccccc2)(S(=O)(=O)c2ccc(Cl)cc2)C(c2ccc(F)cc2)=N1. The van der Waals surface area contributed by atoms with Gasteiger partial charge in [-0.25, -0.2) is 31.4 Å². The van der Waals surface area contributed by atoms with Gasteiger partial charge < -0.3 is 5.32 Å². The Labute approximate surface area is 237 Å². The summed E-state index contributed by atoms with van der Waals surface area (Å²) in [7, 11) is -7.96. The number of hydrogen-bond acceptors (Lipinski definition) is 6. The summed E-state index contributed by atoms with van der Waals surface area (Å²) < 4.78 is 64.9. The predicted molar refractivity (Wildman–Crippen MR) is 152 cm³/mol. The molecule has 0 spiro atoms. The fourth-order valence-electron chi connectivity index (χ4n) is 5.31. The third-order valence-corrected chi connectivity index (χ3v) is 11.3. The number of benzene rings is 3. The van der Waals surface area contributed by atoms with Gasteiger partial charge in [-0.05, 0) is 61.2 Å². The van der Waals surface area contributed by atoms with Crippen LogP contribution in [0.15, 0.2) is 88.9 Å². The molecule has 3 aromatic rings. The van der Waals surface area contributed by atoms with Crippen LogP contribution in [0.2, 0.25) is 5.02 Å². The van der Waals surface area contributed by atoms with Crippen molar-refractivity contribution in [2.24, 2.45) is 10.2 Å². The van der Waals surface area contributed by atoms with E-state index in [4.69, 9.17) is 22.1 Å². The number of nitrogens with two attached hydrogens (primary N) is 1. The Morgan fingerprint density at radius 2 is 1.65 bits per heavy atom. The smallest absolute Gasteiger partial charge is 0.212 e. The van der Waals surface area contributed by atoms with E-state index < -0.39 is 35.7 Å². The largest absolute Gasteiger partial charge is 0.352 e. The molecular formula is C27H27ClFN5O4S2. The van der Waals surface area contributed by atoms with Gasteiger partial charge in [0.2, 0.25) is 16.0 Å². The Morgan fingerprint density at radius 3 is 2.25 bits per heavy atom. The Hall–Kier alpha value is -3.32. The Balaban J connectivity index is 1.61. The van der Waals surface area contributed by atoms with E-state index in [-0.39, 0.29) is 35.6 Å². The van der Waals surface area contributed by atoms with Gasteiger partial charge in [0.25, 0.3) is 0 Å². The van der Waals surface area contributed by atoms with Gasteiger partial charge in [0.05, 0.1) is 22.4 Å². The fourth-order valence-corrected chi connectivity index (χ4v) is 8.45. The number of rotatable bonds is 6. The Morgan fingerprint density at radius 1 is 1.00 bits per heavy atom. The molecule has 0 bridgehead atoms. The van der Waals surface area contributed by atoms with Crippen molar-refractivity contribution in [1.82, 2.24) is 10.3 Å². The summed E-state index contributed by atoms with van der Waals surface area (Å²) in [5.74, 6) is -0.686. The molecule has 3 atom stereocenters. The van der Waals surface area contributed by atoms with E-state index in [1.807, 2.05) is 0 Å². The minimum atomic E-state index is -4.24. The molecule has 0 radical (unpaired) electrons. The van der Waals surface area contributed by atoms with Gasteiger partial charge in [-0.2, -0.15) is 5.10 Å². The first-order chi connectivity index (χ1) is 18.9. The summed E-state index contributed by atoms with van der Waals surface area (Å²) >= 11 is 6.05. The molecule has 1 unspecified atom stereocenters. The molecule has 40 heavy (non-hydrogen) atoms. The molecule has 0 aromatic heterocycles. The molecule has 3 aromatic carbocycles. The van der Waals surface area contributed by atoms with Gasteiger partial charge in [0.15, 0.2) is 14.6 Å². The quantitative estimate of drug-likeness (QED) is 0.290. The molecule has 210 valence electrons. The lowest BCUT2D eigenvalue weighted by Gasteiger charge is -2.32. The number of nitrogens with one attached hydrogen (secondary N) is 2. The predicted octanol–water partition coefficient (Wildman–Crippen LogP) is 3.60. The van der Waals surface area contributed by atoms with E-state index in [1.54, 1.807) is 30.3 Å². The molecule has 1 fully saturated rings. The zero-order valence-corrected chi connectivity index (χ0v) is 23.6. The van der Waals surface area contributed by atoms with Gasteiger partial charge in [-0.1, -0.05) is 54.1 Å². The van der Waals surface area contributed by atoms with Gasteiger partial charge >= 0.3 is 0 Å². The van der Waals surface area contributed by atoms with E-state index in [0.29, 0.717) is 29.0 Å². The van der Waals surface area contributed by atoms with Crippen LogP contribution < -0.4 is 10.5 Å². The maximum atomic E-state index is 14.6. The second kappa shape index (κ2) is 10.6. The van der Waals surface area contributed by atoms with Gasteiger partial charge in [-0.3, -0.25) is 5.41 Å². The number of hydrogen-bond donors (Lipinski definition) is 3. The van der Waals surface area contributed by atoms with Crippen LogP contribution >= 0.6 is 11.6 Å². The molecule has 5 rings (SSSR count). The molecule has 1 saturated carbocycles. The normalized spacial score (nSPS) is 23.2. The van der Waals surface area contributed by atoms with Crippen LogP contribution in [0, 0.1) is 11.2 Å². The van der Waals surface area contributed by atoms with Crippen LogP contribution in [-0.2, 0) is 24.6 Å². The van der Waals surface area contributed by atoms with Crippen LogP contribution in [0.25, 0.3) is 0 Å². The second-order valence-electron chi connectivity index (χ2n) is 9.88. The summed E-state index contributed by atoms with van der Waals surface area (Å²) in [6, 6.07) is 19.4. The fraction of sp³-hybridized carbons (Fsp3) is 0.259. The number of halogens is 2. The van der Waals surface area contributed by atoms with E-state index in [1.165, 1.54) is 53.5 Å². The van der Waals surface area contributed by atoms with Crippen molar-refractivity contribution in [3.05, 3.63) is 101 Å². The van der Waals surface area contributed by atoms with E-state index >= 15 is 0 Å². The highest BCUT2D eigenvalue weighted by molar-refractivity contribution is 7.93. The third-order valence-electron chi connectivity index (χ3n) is 7.36. The summed E-state index contributed by atoms with van der Waals surface area (Å²) in [5.41, 5.74) is 0.903. The number of hydrazone groups is 1. The molecule has 1 heterocycles. The minimum absolute atomic E-state index is 0.00342. The average molecular weight is 604 g/mol. The molecule has 13 heteroatoms. The number of guanidine groups is 1. The van der Waals surface area contributed by atoms with Gasteiger partial charge in [0, 0.05) is 16.6 Å². The van der Waals surface area contributed by atoms with Gasteiger partial charge in [-0.15, -0.1) is 0 Å². The lowest BCUT2D eigenvalue weighted by Crippen LogP contribution is -2.49. The standard InChI is InChI=1S/C27H27ClFN5O4S2/c28-20-8-13-23(14-9-20)39(35,36)27(19-4-2-1-3-5-19)17-34(33-25(27)18-6-10-21(29)11-7-18)26(30)32-22-12-15-24(16-22)40(31,37)38/h1-11,13-14,22,24H,12,15-17H2,(H2,30,32)(H2,31,37,38)/t22-,24-,27?/m0/s1. The first kappa shape index (κ1) is 28.2. The van der Waals surface area contributed by atoms with Gasteiger partial charge in [0.1, 0.15) is 5.82 Å². The van der Waals surface area contributed by atoms with Crippen molar-refractivity contribution in [1.29, 1.82) is 5.41 Å². The first-order valence-corrected chi connectivity index (χ1v) is 15.9. The number of primary sulfonamides is 1. The van der Waals surface area contributed by atoms with Crippen molar-refractivity contribution in [3.63, 3.8) is 0 Å². The lowest BCUT2D eigenvalue weighted by atomic mass is 9.89. The lowest BCUT2D eigenvalue weighted by molar-refractivity contribution is 0.419. The molecule has 0 saturated heterocycles. The molecular weight excluding hydrogens is 577 g/mol. The molecule has 0 amide bonds. The number of sulfone groups is 1. The van der Waals surface area contributed by atoms with E-state index in [9.17, 15) is 21.2 Å². The van der Waals surface area contributed by atoms with E-state index in [2.05, 4.69) is 10.4 Å². The maximum Gasteiger partial charge on any atom is 0.212 e. The van der Waals surface area contributed by atoms with Crippen molar-refractivity contribution < 1.29 is 21.2 Å². The molecule has 1 aliphatic carbocycles.